The van der Waals surface area contributed by atoms with Gasteiger partial charge >= 0.3 is 0 Å². The Morgan fingerprint density at radius 1 is 1.14 bits per heavy atom. The second-order valence-electron chi connectivity index (χ2n) is 7.29. The molecule has 3 rings (SSSR count). The van der Waals surface area contributed by atoms with Crippen molar-refractivity contribution in [3.8, 4) is 5.75 Å². The van der Waals surface area contributed by atoms with Crippen molar-refractivity contribution in [2.24, 2.45) is 0 Å². The third-order valence-corrected chi connectivity index (χ3v) is 5.69. The fourth-order valence-corrected chi connectivity index (χ4v) is 3.65. The normalized spacial score (nSPS) is 15.0. The zero-order valence-electron chi connectivity index (χ0n) is 16.7. The van der Waals surface area contributed by atoms with Crippen LogP contribution < -0.4 is 10.1 Å². The standard InChI is InChI=1S/C22H26BrN3O3/c1-25-13-11-18(12-14-25)26(2)22(28)19-5-3-4-6-20(19)29-15-21(27)24-17-9-7-16(23)8-10-17/h3-10,18H,11-15H2,1-2H3,(H,24,27). The highest BCUT2D eigenvalue weighted by Crippen LogP contribution is 2.23. The number of piperidine rings is 1. The Morgan fingerprint density at radius 3 is 2.48 bits per heavy atom. The number of nitrogens with zero attached hydrogens (tertiary/aromatic N) is 2. The van der Waals surface area contributed by atoms with Gasteiger partial charge in [-0.1, -0.05) is 28.1 Å². The monoisotopic (exact) mass is 459 g/mol. The number of hydrogen-bond acceptors (Lipinski definition) is 4. The van der Waals surface area contributed by atoms with E-state index in [4.69, 9.17) is 4.74 Å². The molecule has 0 spiro atoms. The number of halogens is 1. The summed E-state index contributed by atoms with van der Waals surface area (Å²) in [6, 6.07) is 14.6. The summed E-state index contributed by atoms with van der Waals surface area (Å²) in [5, 5.41) is 2.78. The van der Waals surface area contributed by atoms with Crippen LogP contribution in [-0.4, -0.2) is 61.4 Å². The number of benzene rings is 2. The maximum absolute atomic E-state index is 13.0. The number of ether oxygens (including phenoxy) is 1. The molecule has 0 bridgehead atoms. The lowest BCUT2D eigenvalue weighted by atomic mass is 10.0. The second kappa shape index (κ2) is 9.89. The van der Waals surface area contributed by atoms with Crippen LogP contribution in [0.4, 0.5) is 5.69 Å². The number of carbonyl (C=O) groups excluding carboxylic acids is 2. The predicted octanol–water partition coefficient (Wildman–Crippen LogP) is 3.63. The zero-order valence-corrected chi connectivity index (χ0v) is 18.3. The van der Waals surface area contributed by atoms with Gasteiger partial charge in [0.05, 0.1) is 5.56 Å². The smallest absolute Gasteiger partial charge is 0.262 e. The molecule has 29 heavy (non-hydrogen) atoms. The molecule has 2 aromatic carbocycles. The molecule has 0 atom stereocenters. The van der Waals surface area contributed by atoms with Crippen molar-refractivity contribution in [3.05, 3.63) is 58.6 Å². The van der Waals surface area contributed by atoms with Gasteiger partial charge in [0.15, 0.2) is 6.61 Å². The zero-order chi connectivity index (χ0) is 20.8. The molecular formula is C22H26BrN3O3. The molecule has 0 aromatic heterocycles. The first kappa shape index (κ1) is 21.3. The molecule has 0 unspecified atom stereocenters. The predicted molar refractivity (Wildman–Crippen MR) is 117 cm³/mol. The van der Waals surface area contributed by atoms with Gasteiger partial charge in [-0.25, -0.2) is 0 Å². The Labute approximate surface area is 180 Å². The Bertz CT molecular complexity index is 849. The minimum Gasteiger partial charge on any atom is -0.483 e. The summed E-state index contributed by atoms with van der Waals surface area (Å²) in [6.45, 7) is 1.80. The van der Waals surface area contributed by atoms with Gasteiger partial charge in [0.2, 0.25) is 0 Å². The minimum absolute atomic E-state index is 0.0801. The lowest BCUT2D eigenvalue weighted by molar-refractivity contribution is -0.118. The maximum atomic E-state index is 13.0. The average molecular weight is 460 g/mol. The fourth-order valence-electron chi connectivity index (χ4n) is 3.38. The van der Waals surface area contributed by atoms with Crippen LogP contribution in [0.3, 0.4) is 0 Å². The molecule has 2 aromatic rings. The van der Waals surface area contributed by atoms with Crippen LogP contribution >= 0.6 is 15.9 Å². The number of carbonyl (C=O) groups is 2. The van der Waals surface area contributed by atoms with Crippen molar-refractivity contribution in [1.82, 2.24) is 9.80 Å². The number of hydrogen-bond donors (Lipinski definition) is 1. The molecule has 6 nitrogen and oxygen atoms in total. The van der Waals surface area contributed by atoms with Crippen molar-refractivity contribution >= 4 is 33.4 Å². The van der Waals surface area contributed by atoms with Gasteiger partial charge in [-0.15, -0.1) is 0 Å². The topological polar surface area (TPSA) is 61.9 Å². The quantitative estimate of drug-likeness (QED) is 0.716. The Hall–Kier alpha value is -2.38. The third kappa shape index (κ3) is 5.81. The van der Waals surface area contributed by atoms with Gasteiger partial charge in [0, 0.05) is 23.2 Å². The lowest BCUT2D eigenvalue weighted by Gasteiger charge is -2.35. The first-order valence-electron chi connectivity index (χ1n) is 9.67. The lowest BCUT2D eigenvalue weighted by Crippen LogP contribution is -2.44. The van der Waals surface area contributed by atoms with E-state index >= 15 is 0 Å². The number of para-hydroxylation sites is 1. The van der Waals surface area contributed by atoms with Crippen LogP contribution in [0.5, 0.6) is 5.75 Å². The number of rotatable bonds is 6. The summed E-state index contributed by atoms with van der Waals surface area (Å²) in [7, 11) is 3.94. The van der Waals surface area contributed by atoms with Crippen LogP contribution in [0.25, 0.3) is 0 Å². The third-order valence-electron chi connectivity index (χ3n) is 5.16. The summed E-state index contributed by atoms with van der Waals surface area (Å²) in [4.78, 5) is 29.3. The first-order valence-corrected chi connectivity index (χ1v) is 10.5. The van der Waals surface area contributed by atoms with E-state index in [9.17, 15) is 9.59 Å². The van der Waals surface area contributed by atoms with E-state index in [0.717, 1.165) is 30.4 Å². The van der Waals surface area contributed by atoms with E-state index in [1.54, 1.807) is 35.2 Å². The number of amides is 2. The first-order chi connectivity index (χ1) is 13.9. The molecule has 1 aliphatic rings. The molecule has 1 saturated heterocycles. The second-order valence-corrected chi connectivity index (χ2v) is 8.21. The highest BCUT2D eigenvalue weighted by Gasteiger charge is 2.26. The number of nitrogens with one attached hydrogen (secondary N) is 1. The molecule has 0 aliphatic carbocycles. The fraction of sp³-hybridized carbons (Fsp3) is 0.364. The van der Waals surface area contributed by atoms with Crippen LogP contribution in [0.15, 0.2) is 53.0 Å². The van der Waals surface area contributed by atoms with Gasteiger partial charge in [0.1, 0.15) is 5.75 Å². The van der Waals surface area contributed by atoms with Crippen molar-refractivity contribution < 1.29 is 14.3 Å². The summed E-state index contributed by atoms with van der Waals surface area (Å²) in [5.41, 5.74) is 1.17. The maximum Gasteiger partial charge on any atom is 0.262 e. The molecule has 0 saturated carbocycles. The Kier molecular flexibility index (Phi) is 7.28. The highest BCUT2D eigenvalue weighted by molar-refractivity contribution is 9.10. The van der Waals surface area contributed by atoms with E-state index in [1.165, 1.54) is 0 Å². The van der Waals surface area contributed by atoms with Crippen LogP contribution in [-0.2, 0) is 4.79 Å². The van der Waals surface area contributed by atoms with Crippen molar-refractivity contribution in [2.45, 2.75) is 18.9 Å². The molecule has 1 N–H and O–H groups in total. The van der Waals surface area contributed by atoms with Crippen molar-refractivity contribution in [1.29, 1.82) is 0 Å². The number of likely N-dealkylation sites (tertiary alicyclic amines) is 1. The molecule has 2 amide bonds. The van der Waals surface area contributed by atoms with E-state index in [-0.39, 0.29) is 24.5 Å². The Balaban J connectivity index is 1.61. The summed E-state index contributed by atoms with van der Waals surface area (Å²) in [6.07, 6.45) is 1.91. The van der Waals surface area contributed by atoms with E-state index in [2.05, 4.69) is 33.2 Å². The minimum atomic E-state index is -0.279. The largest absolute Gasteiger partial charge is 0.483 e. The van der Waals surface area contributed by atoms with Crippen molar-refractivity contribution in [3.63, 3.8) is 0 Å². The van der Waals surface area contributed by atoms with Crippen LogP contribution in [0, 0.1) is 0 Å². The molecule has 1 heterocycles. The van der Waals surface area contributed by atoms with Crippen molar-refractivity contribution in [2.75, 3.05) is 39.1 Å². The van der Waals surface area contributed by atoms with Crippen LogP contribution in [0.1, 0.15) is 23.2 Å². The summed E-state index contributed by atoms with van der Waals surface area (Å²) in [5.74, 6) is 0.0601. The Morgan fingerprint density at radius 2 is 1.79 bits per heavy atom. The molecule has 0 radical (unpaired) electrons. The molecule has 7 heteroatoms. The van der Waals surface area contributed by atoms with E-state index < -0.39 is 0 Å². The highest BCUT2D eigenvalue weighted by atomic mass is 79.9. The molecule has 1 fully saturated rings. The van der Waals surface area contributed by atoms with Gasteiger partial charge in [-0.2, -0.15) is 0 Å². The van der Waals surface area contributed by atoms with E-state index in [1.807, 2.05) is 25.2 Å². The average Bonchev–Trinajstić information content (AvgIpc) is 2.73. The molecular weight excluding hydrogens is 434 g/mol. The SMILES string of the molecule is CN1CCC(N(C)C(=O)c2ccccc2OCC(=O)Nc2ccc(Br)cc2)CC1. The summed E-state index contributed by atoms with van der Waals surface area (Å²) < 4.78 is 6.63. The number of anilines is 1. The molecule has 1 aliphatic heterocycles. The summed E-state index contributed by atoms with van der Waals surface area (Å²) >= 11 is 3.36. The van der Waals surface area contributed by atoms with Crippen LogP contribution in [0.2, 0.25) is 0 Å². The van der Waals surface area contributed by atoms with Gasteiger partial charge < -0.3 is 19.9 Å². The van der Waals surface area contributed by atoms with E-state index in [0.29, 0.717) is 17.0 Å². The van der Waals surface area contributed by atoms with Gasteiger partial charge in [-0.3, -0.25) is 9.59 Å². The van der Waals surface area contributed by atoms with Gasteiger partial charge in [-0.05, 0) is 69.4 Å². The molecule has 154 valence electrons. The van der Waals surface area contributed by atoms with Gasteiger partial charge in [0.25, 0.3) is 11.8 Å².